The smallest absolute Gasteiger partial charge is 0.259 e. The predicted molar refractivity (Wildman–Crippen MR) is 136 cm³/mol. The molecule has 1 fully saturated rings. The molecule has 3 heterocycles. The van der Waals surface area contributed by atoms with E-state index in [0.29, 0.717) is 41.5 Å². The molecule has 198 valence electrons. The summed E-state index contributed by atoms with van der Waals surface area (Å²) in [6.07, 6.45) is 3.46. The fourth-order valence-electron chi connectivity index (χ4n) is 3.84. The van der Waals surface area contributed by atoms with E-state index in [4.69, 9.17) is 19.3 Å². The Balaban J connectivity index is 1.56. The Morgan fingerprint density at radius 2 is 2.03 bits per heavy atom. The number of aliphatic hydroxyl groups is 2. The molecule has 1 atom stereocenters. The Hall–Kier alpha value is -4.31. The maximum absolute atomic E-state index is 12.8. The van der Waals surface area contributed by atoms with Crippen molar-refractivity contribution in [1.29, 1.82) is 5.26 Å². The van der Waals surface area contributed by atoms with Gasteiger partial charge in [0.1, 0.15) is 23.5 Å². The Morgan fingerprint density at radius 1 is 1.24 bits per heavy atom. The molecule has 38 heavy (non-hydrogen) atoms. The summed E-state index contributed by atoms with van der Waals surface area (Å²) in [4.78, 5) is 25.7. The van der Waals surface area contributed by atoms with Crippen molar-refractivity contribution in [2.75, 3.05) is 38.8 Å². The number of benzene rings is 1. The standard InChI is InChI=1S/C26H28N6O6/c1-36-25-23(24(35)30-14-18(34)15-33)21(5-8-28-25)32-26-29-9-4-20(31-26)16-2-3-22(17(12-16)13-27)38-19-6-10-37-11-7-19/h2-5,8-9,12,18-19,33-34H,6-7,10-11,14-15H2,1H3,(H,30,35)(H,28,29,31,32). The summed E-state index contributed by atoms with van der Waals surface area (Å²) in [5.41, 5.74) is 2.03. The van der Waals surface area contributed by atoms with Gasteiger partial charge in [-0.1, -0.05) is 0 Å². The van der Waals surface area contributed by atoms with Crippen molar-refractivity contribution < 1.29 is 29.2 Å². The fraction of sp³-hybridized carbons (Fsp3) is 0.346. The summed E-state index contributed by atoms with van der Waals surface area (Å²) in [6, 6.07) is 10.8. The first-order chi connectivity index (χ1) is 18.5. The van der Waals surface area contributed by atoms with E-state index in [-0.39, 0.29) is 30.0 Å². The maximum Gasteiger partial charge on any atom is 0.259 e. The van der Waals surface area contributed by atoms with Crippen LogP contribution in [0.5, 0.6) is 11.6 Å². The van der Waals surface area contributed by atoms with E-state index in [1.807, 2.05) is 6.07 Å². The molecule has 0 aliphatic carbocycles. The number of aromatic nitrogens is 3. The van der Waals surface area contributed by atoms with Gasteiger partial charge in [-0.25, -0.2) is 15.0 Å². The monoisotopic (exact) mass is 520 g/mol. The summed E-state index contributed by atoms with van der Waals surface area (Å²) < 4.78 is 16.7. The number of carbonyl (C=O) groups excluding carboxylic acids is 1. The Labute approximate surface area is 219 Å². The van der Waals surface area contributed by atoms with Gasteiger partial charge in [0.15, 0.2) is 0 Å². The molecule has 4 rings (SSSR count). The Bertz CT molecular complexity index is 1310. The molecule has 2 aromatic heterocycles. The van der Waals surface area contributed by atoms with Crippen molar-refractivity contribution in [3.8, 4) is 29.0 Å². The second-order valence-electron chi connectivity index (χ2n) is 8.43. The summed E-state index contributed by atoms with van der Waals surface area (Å²) in [5.74, 6) is 0.198. The number of anilines is 2. The second-order valence-corrected chi connectivity index (χ2v) is 8.43. The number of amides is 1. The van der Waals surface area contributed by atoms with Gasteiger partial charge in [0.2, 0.25) is 11.8 Å². The summed E-state index contributed by atoms with van der Waals surface area (Å²) in [6.45, 7) is 0.623. The van der Waals surface area contributed by atoms with Gasteiger partial charge in [-0.15, -0.1) is 0 Å². The lowest BCUT2D eigenvalue weighted by molar-refractivity contribution is 0.0254. The van der Waals surface area contributed by atoms with Crippen LogP contribution in [0, 0.1) is 11.3 Å². The van der Waals surface area contributed by atoms with Gasteiger partial charge in [0, 0.05) is 37.3 Å². The topological polar surface area (TPSA) is 172 Å². The molecule has 12 heteroatoms. The highest BCUT2D eigenvalue weighted by molar-refractivity contribution is 6.02. The molecule has 0 spiro atoms. The number of nitrogens with one attached hydrogen (secondary N) is 2. The van der Waals surface area contributed by atoms with Crippen molar-refractivity contribution >= 4 is 17.5 Å². The minimum atomic E-state index is -1.11. The summed E-state index contributed by atoms with van der Waals surface area (Å²) in [7, 11) is 1.38. The highest BCUT2D eigenvalue weighted by atomic mass is 16.5. The summed E-state index contributed by atoms with van der Waals surface area (Å²) in [5, 5.41) is 33.9. The highest BCUT2D eigenvalue weighted by Crippen LogP contribution is 2.29. The molecule has 1 amide bonds. The number of carbonyl (C=O) groups is 1. The van der Waals surface area contributed by atoms with Gasteiger partial charge in [-0.3, -0.25) is 4.79 Å². The number of nitrogens with zero attached hydrogens (tertiary/aromatic N) is 4. The average Bonchev–Trinajstić information content (AvgIpc) is 2.96. The molecule has 1 aliphatic rings. The third-order valence-corrected chi connectivity index (χ3v) is 5.81. The Kier molecular flexibility index (Phi) is 8.99. The average molecular weight is 521 g/mol. The third kappa shape index (κ3) is 6.51. The number of ether oxygens (including phenoxy) is 3. The van der Waals surface area contributed by atoms with E-state index in [2.05, 4.69) is 31.7 Å². The first-order valence-corrected chi connectivity index (χ1v) is 12.0. The van der Waals surface area contributed by atoms with Crippen LogP contribution in [0.15, 0.2) is 42.7 Å². The van der Waals surface area contributed by atoms with Gasteiger partial charge < -0.3 is 35.1 Å². The fourth-order valence-corrected chi connectivity index (χ4v) is 3.84. The van der Waals surface area contributed by atoms with Crippen LogP contribution < -0.4 is 20.1 Å². The summed E-state index contributed by atoms with van der Waals surface area (Å²) >= 11 is 0. The molecule has 1 aliphatic heterocycles. The van der Waals surface area contributed by atoms with Gasteiger partial charge in [-0.05, 0) is 30.3 Å². The molecule has 0 bridgehead atoms. The van der Waals surface area contributed by atoms with Crippen molar-refractivity contribution in [1.82, 2.24) is 20.3 Å². The van der Waals surface area contributed by atoms with E-state index >= 15 is 0 Å². The molecule has 1 unspecified atom stereocenters. The lowest BCUT2D eigenvalue weighted by atomic mass is 10.1. The number of methoxy groups -OCH3 is 1. The van der Waals surface area contributed by atoms with E-state index in [1.165, 1.54) is 13.3 Å². The molecular formula is C26H28N6O6. The zero-order chi connectivity index (χ0) is 26.9. The molecule has 0 radical (unpaired) electrons. The largest absolute Gasteiger partial charge is 0.489 e. The van der Waals surface area contributed by atoms with E-state index < -0.39 is 18.6 Å². The van der Waals surface area contributed by atoms with E-state index in [1.54, 1.807) is 30.5 Å². The van der Waals surface area contributed by atoms with Crippen molar-refractivity contribution in [2.24, 2.45) is 0 Å². The van der Waals surface area contributed by atoms with Crippen molar-refractivity contribution in [2.45, 2.75) is 25.0 Å². The van der Waals surface area contributed by atoms with Crippen LogP contribution >= 0.6 is 0 Å². The Morgan fingerprint density at radius 3 is 2.76 bits per heavy atom. The van der Waals surface area contributed by atoms with Crippen LogP contribution in [0.4, 0.5) is 11.6 Å². The maximum atomic E-state index is 12.8. The minimum Gasteiger partial charge on any atom is -0.489 e. The number of pyridine rings is 1. The number of aliphatic hydroxyl groups excluding tert-OH is 2. The molecular weight excluding hydrogens is 492 g/mol. The van der Waals surface area contributed by atoms with Crippen LogP contribution in [0.2, 0.25) is 0 Å². The lowest BCUT2D eigenvalue weighted by Crippen LogP contribution is -2.34. The van der Waals surface area contributed by atoms with Gasteiger partial charge in [-0.2, -0.15) is 5.26 Å². The van der Waals surface area contributed by atoms with E-state index in [9.17, 15) is 15.2 Å². The number of hydrogen-bond acceptors (Lipinski definition) is 11. The van der Waals surface area contributed by atoms with Crippen molar-refractivity contribution in [3.63, 3.8) is 0 Å². The molecule has 1 saturated heterocycles. The van der Waals surface area contributed by atoms with Crippen molar-refractivity contribution in [3.05, 3.63) is 53.9 Å². The SMILES string of the molecule is COc1nccc(Nc2nccc(-c3ccc(OC4CCOCC4)c(C#N)c3)n2)c1C(=O)NCC(O)CO. The first-order valence-electron chi connectivity index (χ1n) is 12.0. The molecule has 0 saturated carbocycles. The first kappa shape index (κ1) is 26.7. The molecule has 3 aromatic rings. The van der Waals surface area contributed by atoms with Crippen LogP contribution in [0.25, 0.3) is 11.3 Å². The number of rotatable bonds is 10. The minimum absolute atomic E-state index is 0.00667. The second kappa shape index (κ2) is 12.8. The van der Waals surface area contributed by atoms with Crippen LogP contribution in [0.3, 0.4) is 0 Å². The number of nitriles is 1. The molecule has 1 aromatic carbocycles. The van der Waals surface area contributed by atoms with Crippen LogP contribution in [-0.4, -0.2) is 76.8 Å². The third-order valence-electron chi connectivity index (χ3n) is 5.81. The predicted octanol–water partition coefficient (Wildman–Crippen LogP) is 1.80. The highest BCUT2D eigenvalue weighted by Gasteiger charge is 2.21. The number of hydrogen-bond donors (Lipinski definition) is 4. The van der Waals surface area contributed by atoms with Gasteiger partial charge >= 0.3 is 0 Å². The van der Waals surface area contributed by atoms with Gasteiger partial charge in [0.25, 0.3) is 5.91 Å². The van der Waals surface area contributed by atoms with E-state index in [0.717, 1.165) is 12.8 Å². The zero-order valence-electron chi connectivity index (χ0n) is 20.8. The molecule has 4 N–H and O–H groups in total. The zero-order valence-corrected chi connectivity index (χ0v) is 20.8. The normalized spacial score (nSPS) is 14.3. The molecule has 12 nitrogen and oxygen atoms in total. The van der Waals surface area contributed by atoms with Crippen LogP contribution in [-0.2, 0) is 4.74 Å². The van der Waals surface area contributed by atoms with Crippen LogP contribution in [0.1, 0.15) is 28.8 Å². The lowest BCUT2D eigenvalue weighted by Gasteiger charge is -2.23. The van der Waals surface area contributed by atoms with Gasteiger partial charge in [0.05, 0.1) is 50.0 Å². The quantitative estimate of drug-likeness (QED) is 0.307.